The standard InChI is InChI=1S/C17H36N2/c1-15(10-9-13-18-17(2,3)4)19(5)14-16-11-7-6-8-12-16/h15-16,18H,6-14H2,1-5H3. The average molecular weight is 268 g/mol. The van der Waals surface area contributed by atoms with Crippen LogP contribution in [-0.4, -0.2) is 36.6 Å². The quantitative estimate of drug-likeness (QED) is 0.701. The van der Waals surface area contributed by atoms with E-state index in [0.29, 0.717) is 0 Å². The van der Waals surface area contributed by atoms with E-state index >= 15 is 0 Å². The third-order valence-corrected chi connectivity index (χ3v) is 4.48. The molecule has 1 atom stereocenters. The Morgan fingerprint density at radius 3 is 2.37 bits per heavy atom. The van der Waals surface area contributed by atoms with E-state index in [4.69, 9.17) is 0 Å². The summed E-state index contributed by atoms with van der Waals surface area (Å²) in [6.45, 7) is 11.6. The summed E-state index contributed by atoms with van der Waals surface area (Å²) >= 11 is 0. The van der Waals surface area contributed by atoms with E-state index < -0.39 is 0 Å². The Balaban J connectivity index is 2.12. The van der Waals surface area contributed by atoms with E-state index in [1.54, 1.807) is 0 Å². The van der Waals surface area contributed by atoms with Crippen LogP contribution in [0.25, 0.3) is 0 Å². The Labute approximate surface area is 121 Å². The summed E-state index contributed by atoms with van der Waals surface area (Å²) in [5.74, 6) is 0.967. The van der Waals surface area contributed by atoms with Crippen molar-refractivity contribution in [2.45, 2.75) is 84.2 Å². The van der Waals surface area contributed by atoms with E-state index in [9.17, 15) is 0 Å². The van der Waals surface area contributed by atoms with E-state index in [-0.39, 0.29) is 5.54 Å². The molecule has 1 aliphatic carbocycles. The summed E-state index contributed by atoms with van der Waals surface area (Å²) in [6, 6.07) is 0.726. The number of hydrogen-bond acceptors (Lipinski definition) is 2. The molecule has 19 heavy (non-hydrogen) atoms. The van der Waals surface area contributed by atoms with Gasteiger partial charge in [0.25, 0.3) is 0 Å². The average Bonchev–Trinajstić information content (AvgIpc) is 2.34. The summed E-state index contributed by atoms with van der Waals surface area (Å²) in [6.07, 6.45) is 9.91. The van der Waals surface area contributed by atoms with Crippen LogP contribution in [0.2, 0.25) is 0 Å². The lowest BCUT2D eigenvalue weighted by Gasteiger charge is -2.31. The highest BCUT2D eigenvalue weighted by molar-refractivity contribution is 4.74. The zero-order valence-electron chi connectivity index (χ0n) is 14.0. The van der Waals surface area contributed by atoms with Crippen molar-refractivity contribution < 1.29 is 0 Å². The molecule has 0 aromatic carbocycles. The molecule has 1 rings (SSSR count). The fourth-order valence-corrected chi connectivity index (χ4v) is 3.04. The molecule has 0 radical (unpaired) electrons. The molecule has 0 aromatic rings. The van der Waals surface area contributed by atoms with Crippen LogP contribution in [0.3, 0.4) is 0 Å². The Morgan fingerprint density at radius 2 is 1.79 bits per heavy atom. The molecule has 0 bridgehead atoms. The first kappa shape index (κ1) is 17.0. The molecule has 1 fully saturated rings. The molecule has 2 nitrogen and oxygen atoms in total. The minimum atomic E-state index is 0.261. The van der Waals surface area contributed by atoms with Crippen molar-refractivity contribution in [1.82, 2.24) is 10.2 Å². The second-order valence-electron chi connectivity index (χ2n) is 7.61. The lowest BCUT2D eigenvalue weighted by Crippen LogP contribution is -2.38. The monoisotopic (exact) mass is 268 g/mol. The van der Waals surface area contributed by atoms with Gasteiger partial charge in [-0.3, -0.25) is 0 Å². The van der Waals surface area contributed by atoms with Crippen LogP contribution in [0.1, 0.15) is 72.6 Å². The lowest BCUT2D eigenvalue weighted by atomic mass is 9.88. The largest absolute Gasteiger partial charge is 0.312 e. The molecule has 1 aliphatic rings. The molecule has 2 heteroatoms. The van der Waals surface area contributed by atoms with E-state index in [1.807, 2.05) is 0 Å². The third-order valence-electron chi connectivity index (χ3n) is 4.48. The Bertz CT molecular complexity index is 226. The second kappa shape index (κ2) is 8.26. The third kappa shape index (κ3) is 7.94. The van der Waals surface area contributed by atoms with Gasteiger partial charge >= 0.3 is 0 Å². The zero-order valence-corrected chi connectivity index (χ0v) is 14.0. The van der Waals surface area contributed by atoms with Crippen molar-refractivity contribution in [2.75, 3.05) is 20.1 Å². The van der Waals surface area contributed by atoms with E-state index in [2.05, 4.69) is 45.0 Å². The van der Waals surface area contributed by atoms with Crippen LogP contribution in [-0.2, 0) is 0 Å². The summed E-state index contributed by atoms with van der Waals surface area (Å²) in [7, 11) is 2.32. The molecular weight excluding hydrogens is 232 g/mol. The molecule has 0 spiro atoms. The maximum absolute atomic E-state index is 3.58. The van der Waals surface area contributed by atoms with Gasteiger partial charge in [-0.2, -0.15) is 0 Å². The van der Waals surface area contributed by atoms with Gasteiger partial charge in [-0.25, -0.2) is 0 Å². The van der Waals surface area contributed by atoms with Gasteiger partial charge in [0.15, 0.2) is 0 Å². The van der Waals surface area contributed by atoms with Crippen LogP contribution >= 0.6 is 0 Å². The smallest absolute Gasteiger partial charge is 0.00965 e. The van der Waals surface area contributed by atoms with Crippen LogP contribution in [0.4, 0.5) is 0 Å². The van der Waals surface area contributed by atoms with E-state index in [0.717, 1.165) is 18.5 Å². The number of rotatable bonds is 7. The fraction of sp³-hybridized carbons (Fsp3) is 1.00. The number of hydrogen-bond donors (Lipinski definition) is 1. The van der Waals surface area contributed by atoms with Gasteiger partial charge in [0.05, 0.1) is 0 Å². The molecule has 0 heterocycles. The molecule has 0 saturated heterocycles. The Morgan fingerprint density at radius 1 is 1.16 bits per heavy atom. The zero-order chi connectivity index (χ0) is 14.3. The number of nitrogens with zero attached hydrogens (tertiary/aromatic N) is 1. The highest BCUT2D eigenvalue weighted by Gasteiger charge is 2.18. The molecule has 1 N–H and O–H groups in total. The maximum atomic E-state index is 3.58. The second-order valence-corrected chi connectivity index (χ2v) is 7.61. The highest BCUT2D eigenvalue weighted by Crippen LogP contribution is 2.24. The lowest BCUT2D eigenvalue weighted by molar-refractivity contribution is 0.182. The maximum Gasteiger partial charge on any atom is 0.00965 e. The first-order valence-corrected chi connectivity index (χ1v) is 8.34. The predicted molar refractivity (Wildman–Crippen MR) is 85.7 cm³/mol. The van der Waals surface area contributed by atoms with Crippen molar-refractivity contribution in [3.8, 4) is 0 Å². The van der Waals surface area contributed by atoms with Crippen LogP contribution in [0.5, 0.6) is 0 Å². The molecule has 114 valence electrons. The number of nitrogens with one attached hydrogen (secondary N) is 1. The molecule has 0 aromatic heterocycles. The van der Waals surface area contributed by atoms with Crippen molar-refractivity contribution in [1.29, 1.82) is 0 Å². The Hall–Kier alpha value is -0.0800. The topological polar surface area (TPSA) is 15.3 Å². The highest BCUT2D eigenvalue weighted by atomic mass is 15.1. The SMILES string of the molecule is CC(CCCNC(C)(C)C)N(C)CC1CCCCC1. The van der Waals surface area contributed by atoms with Crippen molar-refractivity contribution in [3.05, 3.63) is 0 Å². The van der Waals surface area contributed by atoms with Crippen molar-refractivity contribution >= 4 is 0 Å². The summed E-state index contributed by atoms with van der Waals surface area (Å²) in [5.41, 5.74) is 0.261. The van der Waals surface area contributed by atoms with Crippen molar-refractivity contribution in [2.24, 2.45) is 5.92 Å². The van der Waals surface area contributed by atoms with E-state index in [1.165, 1.54) is 51.5 Å². The van der Waals surface area contributed by atoms with Crippen LogP contribution in [0.15, 0.2) is 0 Å². The van der Waals surface area contributed by atoms with Crippen LogP contribution < -0.4 is 5.32 Å². The fourth-order valence-electron chi connectivity index (χ4n) is 3.04. The predicted octanol–water partition coefficient (Wildman–Crippen LogP) is 4.06. The minimum absolute atomic E-state index is 0.261. The molecule has 1 saturated carbocycles. The van der Waals surface area contributed by atoms with Gasteiger partial charge in [0.2, 0.25) is 0 Å². The Kier molecular flexibility index (Phi) is 7.38. The van der Waals surface area contributed by atoms with Gasteiger partial charge in [-0.15, -0.1) is 0 Å². The van der Waals surface area contributed by atoms with Gasteiger partial charge in [0.1, 0.15) is 0 Å². The van der Waals surface area contributed by atoms with Gasteiger partial charge in [-0.1, -0.05) is 19.3 Å². The molecule has 0 amide bonds. The molecular formula is C17H36N2. The first-order valence-electron chi connectivity index (χ1n) is 8.34. The van der Waals surface area contributed by atoms with Gasteiger partial charge in [-0.05, 0) is 72.9 Å². The minimum Gasteiger partial charge on any atom is -0.312 e. The van der Waals surface area contributed by atoms with Gasteiger partial charge < -0.3 is 10.2 Å². The molecule has 1 unspecified atom stereocenters. The van der Waals surface area contributed by atoms with Crippen LogP contribution in [0, 0.1) is 5.92 Å². The van der Waals surface area contributed by atoms with Crippen molar-refractivity contribution in [3.63, 3.8) is 0 Å². The first-order chi connectivity index (χ1) is 8.88. The normalized spacial score (nSPS) is 19.9. The summed E-state index contributed by atoms with van der Waals surface area (Å²) < 4.78 is 0. The molecule has 0 aliphatic heterocycles. The summed E-state index contributed by atoms with van der Waals surface area (Å²) in [5, 5.41) is 3.58. The van der Waals surface area contributed by atoms with Gasteiger partial charge in [0, 0.05) is 18.1 Å². The summed E-state index contributed by atoms with van der Waals surface area (Å²) in [4.78, 5) is 2.59.